The molecule has 1 aromatic heterocycles. The van der Waals surface area contributed by atoms with Crippen LogP contribution in [0.3, 0.4) is 0 Å². The Morgan fingerprint density at radius 1 is 1.28 bits per heavy atom. The Labute approximate surface area is 106 Å². The fraction of sp³-hybridized carbons (Fsp3) is 0.462. The van der Waals surface area contributed by atoms with Crippen LogP contribution >= 0.6 is 0 Å². The fourth-order valence-electron chi connectivity index (χ4n) is 2.11. The van der Waals surface area contributed by atoms with Crippen molar-refractivity contribution in [1.82, 2.24) is 15.2 Å². The van der Waals surface area contributed by atoms with Gasteiger partial charge in [0.25, 0.3) is 5.91 Å². The number of amides is 2. The Morgan fingerprint density at radius 2 is 1.89 bits per heavy atom. The van der Waals surface area contributed by atoms with Crippen LogP contribution in [0.1, 0.15) is 30.1 Å². The van der Waals surface area contributed by atoms with E-state index in [2.05, 4.69) is 10.3 Å². The van der Waals surface area contributed by atoms with Crippen LogP contribution in [0, 0.1) is 0 Å². The minimum atomic E-state index is -0.0707. The Morgan fingerprint density at radius 3 is 2.44 bits per heavy atom. The van der Waals surface area contributed by atoms with Gasteiger partial charge in [-0.2, -0.15) is 0 Å². The third-order valence-corrected chi connectivity index (χ3v) is 3.22. The first kappa shape index (κ1) is 12.5. The Kier molecular flexibility index (Phi) is 3.92. The molecule has 0 saturated carbocycles. The molecule has 2 amide bonds. The standard InChI is InChI=1S/C13H17N3O2/c1-10(17)16-8-4-12(5-9-16)15-13(18)11-2-6-14-7-3-11/h2-3,6-7,12H,4-5,8-9H2,1H3,(H,15,18). The Bertz CT molecular complexity index is 425. The zero-order chi connectivity index (χ0) is 13.0. The zero-order valence-corrected chi connectivity index (χ0v) is 10.4. The lowest BCUT2D eigenvalue weighted by Gasteiger charge is -2.31. The van der Waals surface area contributed by atoms with E-state index in [4.69, 9.17) is 0 Å². The van der Waals surface area contributed by atoms with Gasteiger partial charge < -0.3 is 10.2 Å². The lowest BCUT2D eigenvalue weighted by Crippen LogP contribution is -2.45. The van der Waals surface area contributed by atoms with Crippen molar-refractivity contribution in [1.29, 1.82) is 0 Å². The van der Waals surface area contributed by atoms with E-state index in [1.807, 2.05) is 4.90 Å². The van der Waals surface area contributed by atoms with Crippen molar-refractivity contribution in [3.63, 3.8) is 0 Å². The number of nitrogens with one attached hydrogen (secondary N) is 1. The highest BCUT2D eigenvalue weighted by atomic mass is 16.2. The number of hydrogen-bond acceptors (Lipinski definition) is 3. The lowest BCUT2D eigenvalue weighted by molar-refractivity contribution is -0.129. The van der Waals surface area contributed by atoms with E-state index in [0.717, 1.165) is 25.9 Å². The molecule has 1 aliphatic heterocycles. The summed E-state index contributed by atoms with van der Waals surface area (Å²) in [5.41, 5.74) is 0.624. The van der Waals surface area contributed by atoms with Crippen molar-refractivity contribution in [3.8, 4) is 0 Å². The molecule has 1 fully saturated rings. The van der Waals surface area contributed by atoms with Crippen molar-refractivity contribution in [2.75, 3.05) is 13.1 Å². The van der Waals surface area contributed by atoms with Gasteiger partial charge in [0.1, 0.15) is 0 Å². The van der Waals surface area contributed by atoms with E-state index in [9.17, 15) is 9.59 Å². The van der Waals surface area contributed by atoms with Gasteiger partial charge >= 0.3 is 0 Å². The van der Waals surface area contributed by atoms with Gasteiger partial charge in [0, 0.05) is 44.0 Å². The summed E-state index contributed by atoms with van der Waals surface area (Å²) in [6.45, 7) is 3.02. The van der Waals surface area contributed by atoms with Gasteiger partial charge in [-0.3, -0.25) is 14.6 Å². The summed E-state index contributed by atoms with van der Waals surface area (Å²) in [5, 5.41) is 2.99. The molecule has 2 heterocycles. The summed E-state index contributed by atoms with van der Waals surface area (Å²) >= 11 is 0. The maximum Gasteiger partial charge on any atom is 0.251 e. The second-order valence-corrected chi connectivity index (χ2v) is 4.49. The van der Waals surface area contributed by atoms with Gasteiger partial charge in [-0.1, -0.05) is 0 Å². The van der Waals surface area contributed by atoms with Gasteiger partial charge in [0.15, 0.2) is 0 Å². The molecule has 0 aliphatic carbocycles. The predicted molar refractivity (Wildman–Crippen MR) is 67.0 cm³/mol. The molecular weight excluding hydrogens is 230 g/mol. The van der Waals surface area contributed by atoms with Gasteiger partial charge in [-0.15, -0.1) is 0 Å². The first-order valence-corrected chi connectivity index (χ1v) is 6.13. The molecule has 0 radical (unpaired) electrons. The average molecular weight is 247 g/mol. The molecule has 1 aliphatic rings. The second-order valence-electron chi connectivity index (χ2n) is 4.49. The van der Waals surface area contributed by atoms with Crippen LogP contribution < -0.4 is 5.32 Å². The molecule has 1 N–H and O–H groups in total. The van der Waals surface area contributed by atoms with E-state index in [-0.39, 0.29) is 17.9 Å². The second kappa shape index (κ2) is 5.62. The molecule has 0 atom stereocenters. The molecule has 18 heavy (non-hydrogen) atoms. The highest BCUT2D eigenvalue weighted by molar-refractivity contribution is 5.94. The molecule has 1 saturated heterocycles. The smallest absolute Gasteiger partial charge is 0.251 e. The van der Waals surface area contributed by atoms with Crippen LogP contribution in [0.4, 0.5) is 0 Å². The third kappa shape index (κ3) is 3.06. The number of rotatable bonds is 2. The van der Waals surface area contributed by atoms with E-state index in [1.54, 1.807) is 31.5 Å². The van der Waals surface area contributed by atoms with Crippen molar-refractivity contribution < 1.29 is 9.59 Å². The first-order valence-electron chi connectivity index (χ1n) is 6.13. The highest BCUT2D eigenvalue weighted by Crippen LogP contribution is 2.11. The minimum Gasteiger partial charge on any atom is -0.349 e. The van der Waals surface area contributed by atoms with E-state index < -0.39 is 0 Å². The van der Waals surface area contributed by atoms with Crippen molar-refractivity contribution in [2.45, 2.75) is 25.8 Å². The molecule has 0 unspecified atom stereocenters. The number of nitrogens with zero attached hydrogens (tertiary/aromatic N) is 2. The summed E-state index contributed by atoms with van der Waals surface area (Å²) in [6, 6.07) is 3.54. The topological polar surface area (TPSA) is 62.3 Å². The summed E-state index contributed by atoms with van der Waals surface area (Å²) in [4.78, 5) is 28.8. The van der Waals surface area contributed by atoms with Crippen LogP contribution in [0.15, 0.2) is 24.5 Å². The van der Waals surface area contributed by atoms with E-state index in [0.29, 0.717) is 5.56 Å². The molecule has 0 aromatic carbocycles. The molecule has 5 nitrogen and oxygen atoms in total. The predicted octanol–water partition coefficient (Wildman–Crippen LogP) is 0.822. The Balaban J connectivity index is 1.85. The number of piperidine rings is 1. The molecule has 1 aromatic rings. The number of carbonyl (C=O) groups excluding carboxylic acids is 2. The number of pyridine rings is 1. The highest BCUT2D eigenvalue weighted by Gasteiger charge is 2.22. The van der Waals surface area contributed by atoms with Gasteiger partial charge in [-0.25, -0.2) is 0 Å². The molecule has 96 valence electrons. The molecule has 0 bridgehead atoms. The van der Waals surface area contributed by atoms with E-state index >= 15 is 0 Å². The maximum atomic E-state index is 11.9. The number of hydrogen-bond donors (Lipinski definition) is 1. The van der Waals surface area contributed by atoms with Crippen molar-refractivity contribution in [2.24, 2.45) is 0 Å². The minimum absolute atomic E-state index is 0.0707. The van der Waals surface area contributed by atoms with Crippen LogP contribution in [0.25, 0.3) is 0 Å². The van der Waals surface area contributed by atoms with Gasteiger partial charge in [0.2, 0.25) is 5.91 Å². The zero-order valence-electron chi connectivity index (χ0n) is 10.4. The summed E-state index contributed by atoms with van der Waals surface area (Å²) < 4.78 is 0. The lowest BCUT2D eigenvalue weighted by atomic mass is 10.0. The van der Waals surface area contributed by atoms with Crippen LogP contribution in [-0.2, 0) is 4.79 Å². The van der Waals surface area contributed by atoms with Crippen LogP contribution in [-0.4, -0.2) is 40.8 Å². The SMILES string of the molecule is CC(=O)N1CCC(NC(=O)c2ccncc2)CC1. The summed E-state index contributed by atoms with van der Waals surface area (Å²) in [5.74, 6) is 0.0348. The van der Waals surface area contributed by atoms with E-state index in [1.165, 1.54) is 0 Å². The van der Waals surface area contributed by atoms with Crippen LogP contribution in [0.2, 0.25) is 0 Å². The summed E-state index contributed by atoms with van der Waals surface area (Å²) in [6.07, 6.45) is 4.84. The Hall–Kier alpha value is -1.91. The summed E-state index contributed by atoms with van der Waals surface area (Å²) in [7, 11) is 0. The molecule has 0 spiro atoms. The van der Waals surface area contributed by atoms with Gasteiger partial charge in [0.05, 0.1) is 0 Å². The number of likely N-dealkylation sites (tertiary alicyclic amines) is 1. The van der Waals surface area contributed by atoms with Crippen molar-refractivity contribution in [3.05, 3.63) is 30.1 Å². The van der Waals surface area contributed by atoms with Crippen LogP contribution in [0.5, 0.6) is 0 Å². The molecule has 2 rings (SSSR count). The normalized spacial score (nSPS) is 16.4. The molecule has 5 heteroatoms. The van der Waals surface area contributed by atoms with Gasteiger partial charge in [-0.05, 0) is 25.0 Å². The number of aromatic nitrogens is 1. The monoisotopic (exact) mass is 247 g/mol. The molecular formula is C13H17N3O2. The first-order chi connectivity index (χ1) is 8.66. The maximum absolute atomic E-state index is 11.9. The quantitative estimate of drug-likeness (QED) is 0.841. The third-order valence-electron chi connectivity index (χ3n) is 3.22. The average Bonchev–Trinajstić information content (AvgIpc) is 2.40. The van der Waals surface area contributed by atoms with Crippen molar-refractivity contribution >= 4 is 11.8 Å². The fourth-order valence-corrected chi connectivity index (χ4v) is 2.11. The largest absolute Gasteiger partial charge is 0.349 e. The number of carbonyl (C=O) groups is 2.